The van der Waals surface area contributed by atoms with Gasteiger partial charge in [0.2, 0.25) is 0 Å². The van der Waals surface area contributed by atoms with Crippen LogP contribution in [0.4, 0.5) is 0 Å². The molecule has 1 amide bonds. The Morgan fingerprint density at radius 2 is 1.95 bits per heavy atom. The summed E-state index contributed by atoms with van der Waals surface area (Å²) in [4.78, 5) is 30.7. The fraction of sp³-hybridized carbons (Fsp3) is 0.0667. The molecule has 0 aliphatic rings. The number of rotatable bonds is 5. The first kappa shape index (κ1) is 14.4. The van der Waals surface area contributed by atoms with Crippen molar-refractivity contribution in [2.24, 2.45) is 0 Å². The van der Waals surface area contributed by atoms with Gasteiger partial charge in [-0.1, -0.05) is 12.1 Å². The number of nitrogens with one attached hydrogen (secondary N) is 1. The molecule has 0 saturated carbocycles. The second kappa shape index (κ2) is 6.95. The number of carboxylic acids is 1. The summed E-state index contributed by atoms with van der Waals surface area (Å²) in [6.07, 6.45) is 5.43. The maximum absolute atomic E-state index is 12.1. The molecule has 2 N–H and O–H groups in total. The molecule has 0 saturated heterocycles. The highest BCUT2D eigenvalue weighted by Crippen LogP contribution is 2.08. The quantitative estimate of drug-likeness (QED) is 0.811. The van der Waals surface area contributed by atoms with Crippen LogP contribution >= 0.6 is 0 Å². The van der Waals surface area contributed by atoms with Crippen molar-refractivity contribution < 1.29 is 14.7 Å². The molecule has 2 rings (SSSR count). The van der Waals surface area contributed by atoms with E-state index in [4.69, 9.17) is 5.11 Å². The summed E-state index contributed by atoms with van der Waals surface area (Å²) in [5, 5.41) is 11.3. The van der Waals surface area contributed by atoms with Crippen LogP contribution in [0.3, 0.4) is 0 Å². The molecule has 0 fully saturated rings. The summed E-state index contributed by atoms with van der Waals surface area (Å²) in [6, 6.07) is 8.68. The maximum Gasteiger partial charge on any atom is 0.328 e. The molecule has 106 valence electrons. The number of pyridine rings is 2. The predicted octanol–water partition coefficient (Wildman–Crippen LogP) is 1.50. The number of aliphatic carboxylic acids is 1. The molecule has 0 aliphatic heterocycles. The van der Waals surface area contributed by atoms with E-state index in [2.05, 4.69) is 15.3 Å². The fourth-order valence-corrected chi connectivity index (χ4v) is 1.66. The number of aromatic nitrogens is 2. The number of hydrogen-bond donors (Lipinski definition) is 2. The molecule has 0 spiro atoms. The van der Waals surface area contributed by atoms with Gasteiger partial charge in [0, 0.05) is 24.0 Å². The molecule has 0 atom stereocenters. The third-order valence-corrected chi connectivity index (χ3v) is 2.62. The van der Waals surface area contributed by atoms with Crippen molar-refractivity contribution in [3.8, 4) is 0 Å². The highest BCUT2D eigenvalue weighted by molar-refractivity contribution is 5.97. The minimum Gasteiger partial charge on any atom is -0.478 e. The van der Waals surface area contributed by atoms with Crippen LogP contribution in [0.1, 0.15) is 21.7 Å². The van der Waals surface area contributed by atoms with Gasteiger partial charge >= 0.3 is 5.97 Å². The second-order valence-electron chi connectivity index (χ2n) is 4.12. The molecule has 6 nitrogen and oxygen atoms in total. The van der Waals surface area contributed by atoms with Crippen LogP contribution in [0.25, 0.3) is 6.08 Å². The first-order chi connectivity index (χ1) is 10.2. The Balaban J connectivity index is 2.10. The van der Waals surface area contributed by atoms with Crippen molar-refractivity contribution in [1.29, 1.82) is 0 Å². The van der Waals surface area contributed by atoms with Crippen LogP contribution in [0.2, 0.25) is 0 Å². The van der Waals surface area contributed by atoms with Gasteiger partial charge in [0.15, 0.2) is 0 Å². The molecular formula is C15H13N3O3. The zero-order valence-electron chi connectivity index (χ0n) is 11.1. The molecule has 2 aromatic heterocycles. The number of nitrogens with zero attached hydrogens (tertiary/aromatic N) is 2. The Kier molecular flexibility index (Phi) is 4.76. The average Bonchev–Trinajstić information content (AvgIpc) is 2.52. The molecule has 2 aromatic rings. The first-order valence-electron chi connectivity index (χ1n) is 6.21. The number of carboxylic acid groups (broad SMARTS) is 1. The van der Waals surface area contributed by atoms with Gasteiger partial charge in [0.25, 0.3) is 5.91 Å². The SMILES string of the molecule is O=C(O)/C=C/c1cccnc1C(=O)NCc1ccccn1. The van der Waals surface area contributed by atoms with E-state index in [1.165, 1.54) is 12.3 Å². The lowest BCUT2D eigenvalue weighted by Crippen LogP contribution is -2.25. The van der Waals surface area contributed by atoms with E-state index in [1.54, 1.807) is 30.5 Å². The largest absolute Gasteiger partial charge is 0.478 e. The Labute approximate surface area is 121 Å². The van der Waals surface area contributed by atoms with E-state index in [-0.39, 0.29) is 18.1 Å². The third-order valence-electron chi connectivity index (χ3n) is 2.62. The maximum atomic E-state index is 12.1. The van der Waals surface area contributed by atoms with Crippen LogP contribution in [0, 0.1) is 0 Å². The van der Waals surface area contributed by atoms with Crippen LogP contribution in [-0.4, -0.2) is 27.0 Å². The van der Waals surface area contributed by atoms with E-state index in [0.717, 1.165) is 11.8 Å². The molecule has 2 heterocycles. The molecule has 21 heavy (non-hydrogen) atoms. The van der Waals surface area contributed by atoms with Gasteiger partial charge in [-0.3, -0.25) is 14.8 Å². The summed E-state index contributed by atoms with van der Waals surface area (Å²) in [5.74, 6) is -1.47. The standard InChI is InChI=1S/C15H13N3O3/c19-13(20)7-6-11-4-3-9-17-14(11)15(21)18-10-12-5-1-2-8-16-12/h1-9H,10H2,(H,18,21)(H,19,20)/b7-6+. The molecule has 0 aromatic carbocycles. The van der Waals surface area contributed by atoms with Crippen molar-refractivity contribution in [1.82, 2.24) is 15.3 Å². The van der Waals surface area contributed by atoms with Crippen molar-refractivity contribution in [2.45, 2.75) is 6.54 Å². The normalized spacial score (nSPS) is 10.5. The van der Waals surface area contributed by atoms with E-state index in [1.807, 2.05) is 6.07 Å². The van der Waals surface area contributed by atoms with Gasteiger partial charge in [0.1, 0.15) is 5.69 Å². The Hall–Kier alpha value is -3.02. The summed E-state index contributed by atoms with van der Waals surface area (Å²) in [7, 11) is 0. The highest BCUT2D eigenvalue weighted by atomic mass is 16.4. The van der Waals surface area contributed by atoms with Crippen molar-refractivity contribution in [2.75, 3.05) is 0 Å². The van der Waals surface area contributed by atoms with Gasteiger partial charge in [-0.15, -0.1) is 0 Å². The Morgan fingerprint density at radius 3 is 2.67 bits per heavy atom. The highest BCUT2D eigenvalue weighted by Gasteiger charge is 2.11. The lowest BCUT2D eigenvalue weighted by Gasteiger charge is -2.06. The lowest BCUT2D eigenvalue weighted by molar-refractivity contribution is -0.131. The summed E-state index contributed by atoms with van der Waals surface area (Å²) < 4.78 is 0. The van der Waals surface area contributed by atoms with Gasteiger partial charge < -0.3 is 10.4 Å². The van der Waals surface area contributed by atoms with Crippen molar-refractivity contribution in [3.05, 3.63) is 65.8 Å². The lowest BCUT2D eigenvalue weighted by atomic mass is 10.1. The number of carbonyl (C=O) groups is 2. The van der Waals surface area contributed by atoms with E-state index in [0.29, 0.717) is 5.56 Å². The second-order valence-corrected chi connectivity index (χ2v) is 4.12. The zero-order chi connectivity index (χ0) is 15.1. The Bertz CT molecular complexity index is 669. The zero-order valence-corrected chi connectivity index (χ0v) is 11.1. The van der Waals surface area contributed by atoms with Gasteiger partial charge in [-0.2, -0.15) is 0 Å². The number of carbonyl (C=O) groups excluding carboxylic acids is 1. The number of hydrogen-bond acceptors (Lipinski definition) is 4. The molecule has 0 bridgehead atoms. The van der Waals surface area contributed by atoms with Crippen LogP contribution < -0.4 is 5.32 Å². The smallest absolute Gasteiger partial charge is 0.328 e. The van der Waals surface area contributed by atoms with Crippen molar-refractivity contribution >= 4 is 18.0 Å². The fourth-order valence-electron chi connectivity index (χ4n) is 1.66. The third kappa shape index (κ3) is 4.24. The molecule has 0 unspecified atom stereocenters. The van der Waals surface area contributed by atoms with Crippen LogP contribution in [0.5, 0.6) is 0 Å². The van der Waals surface area contributed by atoms with Gasteiger partial charge in [0.05, 0.1) is 12.2 Å². The van der Waals surface area contributed by atoms with E-state index in [9.17, 15) is 9.59 Å². The van der Waals surface area contributed by atoms with E-state index < -0.39 is 5.97 Å². The predicted molar refractivity (Wildman–Crippen MR) is 76.3 cm³/mol. The summed E-state index contributed by atoms with van der Waals surface area (Å²) >= 11 is 0. The number of amides is 1. The minimum absolute atomic E-state index is 0.172. The molecule has 6 heteroatoms. The van der Waals surface area contributed by atoms with Gasteiger partial charge in [-0.05, 0) is 24.3 Å². The minimum atomic E-state index is -1.08. The van der Waals surface area contributed by atoms with Gasteiger partial charge in [-0.25, -0.2) is 4.79 Å². The van der Waals surface area contributed by atoms with Crippen LogP contribution in [-0.2, 0) is 11.3 Å². The molecule has 0 radical (unpaired) electrons. The molecule has 0 aliphatic carbocycles. The van der Waals surface area contributed by atoms with Crippen LogP contribution in [0.15, 0.2) is 48.8 Å². The monoisotopic (exact) mass is 283 g/mol. The summed E-state index contributed by atoms with van der Waals surface area (Å²) in [6.45, 7) is 0.276. The topological polar surface area (TPSA) is 92.2 Å². The van der Waals surface area contributed by atoms with Crippen molar-refractivity contribution in [3.63, 3.8) is 0 Å². The molecular weight excluding hydrogens is 270 g/mol. The first-order valence-corrected chi connectivity index (χ1v) is 6.21. The van der Waals surface area contributed by atoms with E-state index >= 15 is 0 Å². The Morgan fingerprint density at radius 1 is 1.14 bits per heavy atom. The average molecular weight is 283 g/mol. The summed E-state index contributed by atoms with van der Waals surface area (Å²) in [5.41, 5.74) is 1.34.